The van der Waals surface area contributed by atoms with Gasteiger partial charge >= 0.3 is 26.7 Å². The van der Waals surface area contributed by atoms with Crippen LogP contribution in [0.25, 0.3) is 0 Å². The van der Waals surface area contributed by atoms with Crippen molar-refractivity contribution >= 4 is 7.82 Å². The third-order valence-electron chi connectivity index (χ3n) is 0.238. The molecule has 0 saturated heterocycles. The summed E-state index contributed by atoms with van der Waals surface area (Å²) in [5.74, 6) is 0. The summed E-state index contributed by atoms with van der Waals surface area (Å²) in [5.41, 5.74) is 0. The Hall–Kier alpha value is 1.21. The number of hydrogen-bond donors (Lipinski definition) is 2. The van der Waals surface area contributed by atoms with Gasteiger partial charge in [-0.05, 0) is 0 Å². The van der Waals surface area contributed by atoms with E-state index >= 15 is 0 Å². The minimum absolute atomic E-state index is 0. The molecule has 0 amide bonds. The molecule has 0 fully saturated rings. The van der Waals surface area contributed by atoms with E-state index in [9.17, 15) is 4.57 Å². The predicted molar refractivity (Wildman–Crippen MR) is 20.2 cm³/mol. The quantitative estimate of drug-likeness (QED) is 0.329. The summed E-state index contributed by atoms with van der Waals surface area (Å²) >= 11 is 0. The molecule has 0 rings (SSSR count). The van der Waals surface area contributed by atoms with E-state index in [0.717, 1.165) is 7.11 Å². The first-order chi connectivity index (χ1) is 2.56. The Morgan fingerprint density at radius 3 is 1.75 bits per heavy atom. The Bertz CT molecular complexity index is 84.6. The maximum Gasteiger partial charge on any atom is 1.00 e. The van der Waals surface area contributed by atoms with E-state index in [0.29, 0.717) is 0 Å². The molecular weight excluding hydrogens is 173 g/mol. The van der Waals surface area contributed by atoms with E-state index in [2.05, 4.69) is 4.52 Å². The topological polar surface area (TPSA) is 66.8 Å². The second-order valence-corrected chi connectivity index (χ2v) is 2.02. The molecule has 0 aromatic carbocycles. The molecule has 0 heterocycles. The van der Waals surface area contributed by atoms with Crippen molar-refractivity contribution < 1.29 is 55.9 Å². The first-order valence-electron chi connectivity index (χ1n) is 1.17. The van der Waals surface area contributed by atoms with E-state index in [-0.39, 0.29) is 37.1 Å². The second kappa shape index (κ2) is 6.34. The molecule has 2 N–H and O–H groups in total. The summed E-state index contributed by atoms with van der Waals surface area (Å²) in [6, 6.07) is 0. The van der Waals surface area contributed by atoms with Gasteiger partial charge in [0, 0.05) is 23.9 Å². The van der Waals surface area contributed by atoms with Crippen LogP contribution in [0.5, 0.6) is 0 Å². The molecule has 0 aliphatic rings. The summed E-state index contributed by atoms with van der Waals surface area (Å²) in [6.07, 6.45) is 0. The SMILES string of the molecule is COP(=O)(O)O.[Co].[H-].[Li+]. The Labute approximate surface area is 71.1 Å². The zero-order valence-electron chi connectivity index (χ0n) is 5.49. The smallest absolute Gasteiger partial charge is 1.00 e. The normalized spacial score (nSPS) is 8.88. The van der Waals surface area contributed by atoms with Crippen molar-refractivity contribution in [2.45, 2.75) is 0 Å². The van der Waals surface area contributed by atoms with Gasteiger partial charge in [0.15, 0.2) is 0 Å². The molecule has 0 aromatic rings. The maximum absolute atomic E-state index is 9.47. The van der Waals surface area contributed by atoms with Crippen LogP contribution in [0, 0.1) is 0 Å². The van der Waals surface area contributed by atoms with E-state index in [4.69, 9.17) is 9.79 Å². The fraction of sp³-hybridized carbons (Fsp3) is 1.00. The van der Waals surface area contributed by atoms with Crippen molar-refractivity contribution in [3.05, 3.63) is 0 Å². The zero-order chi connectivity index (χ0) is 5.21. The van der Waals surface area contributed by atoms with Gasteiger partial charge in [0.25, 0.3) is 0 Å². The molecule has 0 saturated carbocycles. The largest absolute Gasteiger partial charge is 1.00 e. The summed E-state index contributed by atoms with van der Waals surface area (Å²) < 4.78 is 13.1. The van der Waals surface area contributed by atoms with Crippen molar-refractivity contribution in [3.63, 3.8) is 0 Å². The predicted octanol–water partition coefficient (Wildman–Crippen LogP) is -3.16. The van der Waals surface area contributed by atoms with Gasteiger partial charge < -0.3 is 11.2 Å². The van der Waals surface area contributed by atoms with Crippen LogP contribution in [-0.4, -0.2) is 16.9 Å². The van der Waals surface area contributed by atoms with Gasteiger partial charge in [0.1, 0.15) is 0 Å². The van der Waals surface area contributed by atoms with Gasteiger partial charge in [-0.3, -0.25) is 4.52 Å². The first kappa shape index (κ1) is 16.1. The molecular formula is CH6CoLiO4P. The van der Waals surface area contributed by atoms with E-state index in [1.807, 2.05) is 0 Å². The minimum Gasteiger partial charge on any atom is -1.00 e. The Morgan fingerprint density at radius 1 is 1.62 bits per heavy atom. The summed E-state index contributed by atoms with van der Waals surface area (Å²) in [5, 5.41) is 0. The molecule has 0 aliphatic heterocycles. The zero-order valence-corrected chi connectivity index (χ0v) is 6.43. The van der Waals surface area contributed by atoms with Crippen molar-refractivity contribution in [1.82, 2.24) is 0 Å². The summed E-state index contributed by atoms with van der Waals surface area (Å²) in [7, 11) is -3.20. The molecule has 0 unspecified atom stereocenters. The third-order valence-corrected chi connectivity index (χ3v) is 0.714. The number of phosphoric acid groups is 1. The fourth-order valence-electron chi connectivity index (χ4n) is 0. The van der Waals surface area contributed by atoms with Crippen LogP contribution in [0.15, 0.2) is 0 Å². The first-order valence-corrected chi connectivity index (χ1v) is 2.70. The van der Waals surface area contributed by atoms with Crippen LogP contribution in [0.3, 0.4) is 0 Å². The van der Waals surface area contributed by atoms with Crippen LogP contribution in [0.4, 0.5) is 0 Å². The van der Waals surface area contributed by atoms with E-state index in [1.54, 1.807) is 0 Å². The van der Waals surface area contributed by atoms with Gasteiger partial charge in [0.05, 0.1) is 0 Å². The number of phosphoric ester groups is 1. The Balaban J connectivity index is -0.0000000417. The fourth-order valence-corrected chi connectivity index (χ4v) is 0. The van der Waals surface area contributed by atoms with Crippen molar-refractivity contribution in [2.75, 3.05) is 7.11 Å². The Morgan fingerprint density at radius 2 is 1.75 bits per heavy atom. The molecule has 0 spiro atoms. The van der Waals surface area contributed by atoms with E-state index in [1.165, 1.54) is 0 Å². The number of hydrogen-bond acceptors (Lipinski definition) is 2. The minimum atomic E-state index is -4.15. The summed E-state index contributed by atoms with van der Waals surface area (Å²) in [6.45, 7) is 0. The number of rotatable bonds is 1. The molecule has 4 nitrogen and oxygen atoms in total. The standard InChI is InChI=1S/CH5O4P.Co.Li.H/c1-5-6(2,3)4;;;/h1H3,(H2,2,3,4);;;/q;;+1;-1. The van der Waals surface area contributed by atoms with Crippen molar-refractivity contribution in [1.29, 1.82) is 0 Å². The van der Waals surface area contributed by atoms with Gasteiger partial charge in [-0.15, -0.1) is 0 Å². The Kier molecular flexibility index (Phi) is 12.8. The van der Waals surface area contributed by atoms with Gasteiger partial charge in [-0.25, -0.2) is 4.57 Å². The molecule has 1 radical (unpaired) electrons. The second-order valence-electron chi connectivity index (χ2n) is 0.673. The van der Waals surface area contributed by atoms with Crippen molar-refractivity contribution in [2.24, 2.45) is 0 Å². The average molecular weight is 179 g/mol. The molecule has 49 valence electrons. The average Bonchev–Trinajstić information content (AvgIpc) is 1.35. The molecule has 0 aliphatic carbocycles. The molecule has 0 atom stereocenters. The van der Waals surface area contributed by atoms with Crippen LogP contribution in [0.2, 0.25) is 0 Å². The van der Waals surface area contributed by atoms with Gasteiger partial charge in [-0.2, -0.15) is 0 Å². The van der Waals surface area contributed by atoms with Crippen LogP contribution in [0.1, 0.15) is 1.43 Å². The van der Waals surface area contributed by atoms with Gasteiger partial charge in [0.2, 0.25) is 0 Å². The molecule has 0 aromatic heterocycles. The monoisotopic (exact) mass is 179 g/mol. The third kappa shape index (κ3) is 15.7. The maximum atomic E-state index is 9.47. The van der Waals surface area contributed by atoms with Crippen molar-refractivity contribution in [3.8, 4) is 0 Å². The van der Waals surface area contributed by atoms with Crippen LogP contribution < -0.4 is 18.9 Å². The van der Waals surface area contributed by atoms with E-state index < -0.39 is 7.82 Å². The summed E-state index contributed by atoms with van der Waals surface area (Å²) in [4.78, 5) is 15.4. The molecule has 0 bridgehead atoms. The molecule has 7 heteroatoms. The van der Waals surface area contributed by atoms with Crippen LogP contribution in [-0.2, 0) is 25.9 Å². The van der Waals surface area contributed by atoms with Crippen LogP contribution >= 0.6 is 7.82 Å². The van der Waals surface area contributed by atoms with Gasteiger partial charge in [-0.1, -0.05) is 0 Å². The molecule has 8 heavy (non-hydrogen) atoms.